The average molecular weight is 288 g/mol. The summed E-state index contributed by atoms with van der Waals surface area (Å²) in [7, 11) is 1.17. The molecule has 0 spiro atoms. The summed E-state index contributed by atoms with van der Waals surface area (Å²) in [6, 6.07) is -1.76. The highest BCUT2D eigenvalue weighted by Crippen LogP contribution is 2.05. The summed E-state index contributed by atoms with van der Waals surface area (Å²) in [6.07, 6.45) is 0.534. The van der Waals surface area contributed by atoms with Crippen molar-refractivity contribution in [3.63, 3.8) is 0 Å². The van der Waals surface area contributed by atoms with Crippen LogP contribution in [0.4, 0.5) is 4.79 Å². The number of esters is 1. The number of hydrogen-bond donors (Lipinski definition) is 2. The van der Waals surface area contributed by atoms with Gasteiger partial charge in [-0.25, -0.2) is 9.59 Å². The number of ether oxygens (including phenoxy) is 1. The van der Waals surface area contributed by atoms with Gasteiger partial charge in [-0.15, -0.1) is 0 Å². The number of nitrogens with zero attached hydrogens (tertiary/aromatic N) is 1. The van der Waals surface area contributed by atoms with E-state index in [1.165, 1.54) is 12.0 Å². The Balaban J connectivity index is 4.63. The lowest BCUT2D eigenvalue weighted by Gasteiger charge is -2.26. The highest BCUT2D eigenvalue weighted by Gasteiger charge is 2.26. The molecule has 0 fully saturated rings. The topological polar surface area (TPSA) is 95.9 Å². The standard InChI is InChI=1S/C13H24N2O5/c1-5-9(3)8-15(6-2)13(19)14-10(12(17)18)7-11(16)20-4/h9-10H,5-8H2,1-4H3,(H,14,19)(H,17,18)/t9?,10-/m0/s1. The number of carboxylic acid groups (broad SMARTS) is 1. The Morgan fingerprint density at radius 2 is 1.90 bits per heavy atom. The normalized spacial score (nSPS) is 13.2. The van der Waals surface area contributed by atoms with E-state index >= 15 is 0 Å². The molecule has 116 valence electrons. The number of carboxylic acids is 1. The van der Waals surface area contributed by atoms with Gasteiger partial charge >= 0.3 is 18.0 Å². The molecule has 0 aliphatic carbocycles. The number of methoxy groups -OCH3 is 1. The largest absolute Gasteiger partial charge is 0.480 e. The molecule has 0 rings (SSSR count). The van der Waals surface area contributed by atoms with Gasteiger partial charge in [-0.2, -0.15) is 0 Å². The minimum absolute atomic E-state index is 0.324. The summed E-state index contributed by atoms with van der Waals surface area (Å²) in [5.41, 5.74) is 0. The van der Waals surface area contributed by atoms with Crippen LogP contribution in [0.3, 0.4) is 0 Å². The van der Waals surface area contributed by atoms with Gasteiger partial charge < -0.3 is 20.1 Å². The van der Waals surface area contributed by atoms with Crippen molar-refractivity contribution >= 4 is 18.0 Å². The molecule has 0 radical (unpaired) electrons. The molecule has 0 heterocycles. The monoisotopic (exact) mass is 288 g/mol. The van der Waals surface area contributed by atoms with Gasteiger partial charge in [0.05, 0.1) is 13.5 Å². The Bertz CT molecular complexity index is 346. The van der Waals surface area contributed by atoms with Gasteiger partial charge in [-0.05, 0) is 12.8 Å². The van der Waals surface area contributed by atoms with Crippen LogP contribution >= 0.6 is 0 Å². The predicted octanol–water partition coefficient (Wildman–Crippen LogP) is 1.08. The summed E-state index contributed by atoms with van der Waals surface area (Å²) in [5, 5.41) is 11.4. The molecule has 0 saturated heterocycles. The summed E-state index contributed by atoms with van der Waals surface area (Å²) in [5.74, 6) is -1.62. The van der Waals surface area contributed by atoms with Crippen molar-refractivity contribution in [2.24, 2.45) is 5.92 Å². The van der Waals surface area contributed by atoms with Crippen LogP contribution in [0.2, 0.25) is 0 Å². The summed E-state index contributed by atoms with van der Waals surface area (Å²) < 4.78 is 4.41. The van der Waals surface area contributed by atoms with E-state index in [9.17, 15) is 14.4 Å². The maximum absolute atomic E-state index is 12.0. The molecule has 0 aromatic rings. The molecule has 0 aromatic carbocycles. The molecule has 2 atom stereocenters. The van der Waals surface area contributed by atoms with E-state index in [4.69, 9.17) is 5.11 Å². The van der Waals surface area contributed by atoms with Crippen molar-refractivity contribution in [1.29, 1.82) is 0 Å². The molecule has 0 aliphatic rings. The van der Waals surface area contributed by atoms with Crippen LogP contribution in [0, 0.1) is 5.92 Å². The fraction of sp³-hybridized carbons (Fsp3) is 0.769. The number of amides is 2. The van der Waals surface area contributed by atoms with E-state index in [1.807, 2.05) is 20.8 Å². The van der Waals surface area contributed by atoms with Gasteiger partial charge in [0.15, 0.2) is 0 Å². The van der Waals surface area contributed by atoms with Gasteiger partial charge in [0.25, 0.3) is 0 Å². The van der Waals surface area contributed by atoms with Crippen LogP contribution in [0.5, 0.6) is 0 Å². The number of aliphatic carboxylic acids is 1. The van der Waals surface area contributed by atoms with Gasteiger partial charge in [0.1, 0.15) is 6.04 Å². The van der Waals surface area contributed by atoms with Crippen molar-refractivity contribution in [3.05, 3.63) is 0 Å². The summed E-state index contributed by atoms with van der Waals surface area (Å²) in [4.78, 5) is 35.7. The van der Waals surface area contributed by atoms with Crippen molar-refractivity contribution < 1.29 is 24.2 Å². The first-order valence-corrected chi connectivity index (χ1v) is 6.70. The van der Waals surface area contributed by atoms with E-state index in [0.717, 1.165) is 6.42 Å². The number of carbonyl (C=O) groups is 3. The molecule has 0 saturated carbocycles. The third kappa shape index (κ3) is 6.40. The fourth-order valence-electron chi connectivity index (χ4n) is 1.55. The van der Waals surface area contributed by atoms with Crippen LogP contribution in [0.15, 0.2) is 0 Å². The Kier molecular flexibility index (Phi) is 8.35. The van der Waals surface area contributed by atoms with Crippen molar-refractivity contribution in [2.75, 3.05) is 20.2 Å². The first kappa shape index (κ1) is 18.2. The molecule has 0 aromatic heterocycles. The maximum Gasteiger partial charge on any atom is 0.326 e. The number of carbonyl (C=O) groups excluding carboxylic acids is 2. The van der Waals surface area contributed by atoms with E-state index in [0.29, 0.717) is 19.0 Å². The quantitative estimate of drug-likeness (QED) is 0.652. The van der Waals surface area contributed by atoms with Crippen LogP contribution in [0.25, 0.3) is 0 Å². The number of nitrogens with one attached hydrogen (secondary N) is 1. The Labute approximate surface area is 119 Å². The summed E-state index contributed by atoms with van der Waals surface area (Å²) in [6.45, 7) is 6.87. The highest BCUT2D eigenvalue weighted by molar-refractivity contribution is 5.86. The maximum atomic E-state index is 12.0. The number of hydrogen-bond acceptors (Lipinski definition) is 4. The second-order valence-electron chi connectivity index (χ2n) is 4.67. The van der Waals surface area contributed by atoms with Gasteiger partial charge in [-0.3, -0.25) is 4.79 Å². The van der Waals surface area contributed by atoms with Crippen LogP contribution < -0.4 is 5.32 Å². The molecule has 2 amide bonds. The van der Waals surface area contributed by atoms with E-state index < -0.39 is 30.4 Å². The third-order valence-corrected chi connectivity index (χ3v) is 3.09. The second-order valence-corrected chi connectivity index (χ2v) is 4.67. The lowest BCUT2D eigenvalue weighted by atomic mass is 10.1. The molecule has 20 heavy (non-hydrogen) atoms. The Morgan fingerprint density at radius 3 is 2.30 bits per heavy atom. The van der Waals surface area contributed by atoms with E-state index in [1.54, 1.807) is 0 Å². The molecule has 7 nitrogen and oxygen atoms in total. The van der Waals surface area contributed by atoms with Crippen LogP contribution in [-0.4, -0.2) is 54.2 Å². The lowest BCUT2D eigenvalue weighted by Crippen LogP contribution is -2.49. The Morgan fingerprint density at radius 1 is 1.30 bits per heavy atom. The summed E-state index contributed by atoms with van der Waals surface area (Å²) >= 11 is 0. The zero-order chi connectivity index (χ0) is 15.7. The zero-order valence-electron chi connectivity index (χ0n) is 12.5. The lowest BCUT2D eigenvalue weighted by molar-refractivity contribution is -0.147. The van der Waals surface area contributed by atoms with Crippen LogP contribution in [-0.2, 0) is 14.3 Å². The zero-order valence-corrected chi connectivity index (χ0v) is 12.5. The molecule has 1 unspecified atom stereocenters. The molecular weight excluding hydrogens is 264 g/mol. The smallest absolute Gasteiger partial charge is 0.326 e. The minimum atomic E-state index is -1.28. The third-order valence-electron chi connectivity index (χ3n) is 3.09. The van der Waals surface area contributed by atoms with Crippen molar-refractivity contribution in [3.8, 4) is 0 Å². The average Bonchev–Trinajstić information content (AvgIpc) is 2.42. The number of urea groups is 1. The van der Waals surface area contributed by atoms with E-state index in [2.05, 4.69) is 10.1 Å². The highest BCUT2D eigenvalue weighted by atomic mass is 16.5. The molecule has 2 N–H and O–H groups in total. The molecule has 7 heteroatoms. The SMILES string of the molecule is CCC(C)CN(CC)C(=O)N[C@@H](CC(=O)OC)C(=O)O. The van der Waals surface area contributed by atoms with Gasteiger partial charge in [0.2, 0.25) is 0 Å². The molecular formula is C13H24N2O5. The number of rotatable bonds is 8. The first-order chi connectivity index (χ1) is 9.35. The van der Waals surface area contributed by atoms with Gasteiger partial charge in [-0.1, -0.05) is 20.3 Å². The fourth-order valence-corrected chi connectivity index (χ4v) is 1.55. The first-order valence-electron chi connectivity index (χ1n) is 6.70. The predicted molar refractivity (Wildman–Crippen MR) is 73.3 cm³/mol. The van der Waals surface area contributed by atoms with Crippen LogP contribution in [0.1, 0.15) is 33.6 Å². The van der Waals surface area contributed by atoms with E-state index in [-0.39, 0.29) is 0 Å². The molecule has 0 aliphatic heterocycles. The Hall–Kier alpha value is -1.79. The molecule has 0 bridgehead atoms. The van der Waals surface area contributed by atoms with Crippen molar-refractivity contribution in [2.45, 2.75) is 39.7 Å². The van der Waals surface area contributed by atoms with Gasteiger partial charge in [0, 0.05) is 13.1 Å². The minimum Gasteiger partial charge on any atom is -0.480 e. The second kappa shape index (κ2) is 9.17. The van der Waals surface area contributed by atoms with Crippen molar-refractivity contribution in [1.82, 2.24) is 10.2 Å².